The molecule has 94 valence electrons. The normalized spacial score (nSPS) is 10.1. The van der Waals surface area contributed by atoms with Gasteiger partial charge in [0.2, 0.25) is 5.91 Å². The summed E-state index contributed by atoms with van der Waals surface area (Å²) in [6.07, 6.45) is 2.60. The van der Waals surface area contributed by atoms with E-state index >= 15 is 0 Å². The second-order valence-electron chi connectivity index (χ2n) is 3.76. The number of rotatable bonds is 9. The van der Waals surface area contributed by atoms with Gasteiger partial charge in [-0.3, -0.25) is 9.59 Å². The maximum atomic E-state index is 11.5. The lowest BCUT2D eigenvalue weighted by Crippen LogP contribution is -2.28. The molecule has 0 unspecified atom stereocenters. The Morgan fingerprint density at radius 2 is 1.81 bits per heavy atom. The van der Waals surface area contributed by atoms with Gasteiger partial charge in [-0.1, -0.05) is 0 Å². The maximum absolute atomic E-state index is 11.5. The minimum atomic E-state index is -0.805. The second kappa shape index (κ2) is 9.15. The van der Waals surface area contributed by atoms with E-state index in [2.05, 4.69) is 0 Å². The third-order valence-electron chi connectivity index (χ3n) is 2.30. The van der Waals surface area contributed by atoms with Crippen molar-refractivity contribution in [3.05, 3.63) is 0 Å². The van der Waals surface area contributed by atoms with Gasteiger partial charge in [-0.25, -0.2) is 0 Å². The Hall–Kier alpha value is -1.10. The van der Waals surface area contributed by atoms with Crippen molar-refractivity contribution in [2.75, 3.05) is 27.3 Å². The van der Waals surface area contributed by atoms with Gasteiger partial charge >= 0.3 is 5.97 Å². The minimum Gasteiger partial charge on any atom is -0.481 e. The van der Waals surface area contributed by atoms with E-state index in [0.29, 0.717) is 32.4 Å². The van der Waals surface area contributed by atoms with Gasteiger partial charge in [0.1, 0.15) is 0 Å². The molecular formula is C11H21NO4. The molecule has 0 spiro atoms. The Morgan fingerprint density at radius 1 is 1.19 bits per heavy atom. The molecule has 0 aromatic heterocycles. The van der Waals surface area contributed by atoms with Crippen LogP contribution in [0.15, 0.2) is 0 Å². The molecule has 0 radical (unpaired) electrons. The molecule has 1 amide bonds. The van der Waals surface area contributed by atoms with Gasteiger partial charge in [0.15, 0.2) is 0 Å². The predicted molar refractivity (Wildman–Crippen MR) is 60.2 cm³/mol. The largest absolute Gasteiger partial charge is 0.481 e. The van der Waals surface area contributed by atoms with Crippen molar-refractivity contribution in [1.29, 1.82) is 0 Å². The first-order chi connectivity index (χ1) is 7.57. The van der Waals surface area contributed by atoms with Crippen molar-refractivity contribution in [3.8, 4) is 0 Å². The average molecular weight is 231 g/mol. The molecule has 0 aromatic rings. The standard InChI is InChI=1S/C11H21NO4/c1-12(8-5-9-16-2)10(13)6-3-4-7-11(14)15/h3-9H2,1-2H3,(H,14,15). The van der Waals surface area contributed by atoms with Crippen LogP contribution in [0.3, 0.4) is 0 Å². The molecule has 0 rings (SSSR count). The van der Waals surface area contributed by atoms with Crippen LogP contribution < -0.4 is 0 Å². The van der Waals surface area contributed by atoms with E-state index in [0.717, 1.165) is 6.42 Å². The van der Waals surface area contributed by atoms with Crippen LogP contribution in [0.1, 0.15) is 32.1 Å². The summed E-state index contributed by atoms with van der Waals surface area (Å²) in [7, 11) is 3.39. The summed E-state index contributed by atoms with van der Waals surface area (Å²) in [4.78, 5) is 23.4. The van der Waals surface area contributed by atoms with Crippen molar-refractivity contribution in [3.63, 3.8) is 0 Å². The van der Waals surface area contributed by atoms with Gasteiger partial charge in [0.05, 0.1) is 0 Å². The number of ether oxygens (including phenoxy) is 1. The Kier molecular flexibility index (Phi) is 8.52. The van der Waals surface area contributed by atoms with Crippen LogP contribution in [0.5, 0.6) is 0 Å². The van der Waals surface area contributed by atoms with E-state index in [9.17, 15) is 9.59 Å². The van der Waals surface area contributed by atoms with Gasteiger partial charge in [0.25, 0.3) is 0 Å². The molecule has 0 aromatic carbocycles. The number of amides is 1. The summed E-state index contributed by atoms with van der Waals surface area (Å²) in [6.45, 7) is 1.34. The first-order valence-corrected chi connectivity index (χ1v) is 5.52. The Morgan fingerprint density at radius 3 is 2.38 bits per heavy atom. The average Bonchev–Trinajstić information content (AvgIpc) is 2.24. The topological polar surface area (TPSA) is 66.8 Å². The molecule has 0 aliphatic heterocycles. The molecule has 0 saturated heterocycles. The SMILES string of the molecule is COCCCN(C)C(=O)CCCCC(=O)O. The molecule has 0 atom stereocenters. The van der Waals surface area contributed by atoms with Crippen molar-refractivity contribution < 1.29 is 19.4 Å². The summed E-state index contributed by atoms with van der Waals surface area (Å²) in [5.41, 5.74) is 0. The zero-order valence-corrected chi connectivity index (χ0v) is 10.1. The Labute approximate surface area is 96.4 Å². The highest BCUT2D eigenvalue weighted by atomic mass is 16.5. The third kappa shape index (κ3) is 8.23. The zero-order valence-electron chi connectivity index (χ0n) is 10.1. The highest BCUT2D eigenvalue weighted by molar-refractivity contribution is 5.75. The molecule has 0 aliphatic carbocycles. The molecule has 0 saturated carbocycles. The number of nitrogens with zero attached hydrogens (tertiary/aromatic N) is 1. The van der Waals surface area contributed by atoms with Crippen molar-refractivity contribution in [2.24, 2.45) is 0 Å². The second-order valence-corrected chi connectivity index (χ2v) is 3.76. The lowest BCUT2D eigenvalue weighted by atomic mass is 10.2. The zero-order chi connectivity index (χ0) is 12.4. The van der Waals surface area contributed by atoms with Crippen LogP contribution in [0.25, 0.3) is 0 Å². The summed E-state index contributed by atoms with van der Waals surface area (Å²) >= 11 is 0. The molecule has 0 fully saturated rings. The van der Waals surface area contributed by atoms with E-state index in [-0.39, 0.29) is 12.3 Å². The highest BCUT2D eigenvalue weighted by Crippen LogP contribution is 2.03. The molecule has 5 heteroatoms. The number of aliphatic carboxylic acids is 1. The number of hydrogen-bond donors (Lipinski definition) is 1. The number of carboxylic acid groups (broad SMARTS) is 1. The molecule has 0 aliphatic rings. The fraction of sp³-hybridized carbons (Fsp3) is 0.818. The smallest absolute Gasteiger partial charge is 0.303 e. The van der Waals surface area contributed by atoms with Crippen molar-refractivity contribution in [2.45, 2.75) is 32.1 Å². The van der Waals surface area contributed by atoms with E-state index in [4.69, 9.17) is 9.84 Å². The summed E-state index contributed by atoms with van der Waals surface area (Å²) in [5.74, 6) is -0.734. The van der Waals surface area contributed by atoms with Crippen LogP contribution in [-0.4, -0.2) is 49.2 Å². The molecule has 5 nitrogen and oxygen atoms in total. The van der Waals surface area contributed by atoms with Crippen LogP contribution in [0.4, 0.5) is 0 Å². The quantitative estimate of drug-likeness (QED) is 0.604. The lowest BCUT2D eigenvalue weighted by molar-refractivity contribution is -0.137. The monoisotopic (exact) mass is 231 g/mol. The van der Waals surface area contributed by atoms with Gasteiger partial charge in [-0.05, 0) is 19.3 Å². The van der Waals surface area contributed by atoms with Crippen LogP contribution in [0, 0.1) is 0 Å². The first kappa shape index (κ1) is 14.9. The van der Waals surface area contributed by atoms with E-state index < -0.39 is 5.97 Å². The fourth-order valence-electron chi connectivity index (χ4n) is 1.31. The first-order valence-electron chi connectivity index (χ1n) is 5.52. The molecule has 16 heavy (non-hydrogen) atoms. The highest BCUT2D eigenvalue weighted by Gasteiger charge is 2.08. The van der Waals surface area contributed by atoms with Crippen LogP contribution in [-0.2, 0) is 14.3 Å². The summed E-state index contributed by atoms with van der Waals surface area (Å²) in [6, 6.07) is 0. The Balaban J connectivity index is 3.51. The van der Waals surface area contributed by atoms with Gasteiger partial charge in [0, 0.05) is 40.2 Å². The van der Waals surface area contributed by atoms with Crippen molar-refractivity contribution >= 4 is 11.9 Å². The predicted octanol–water partition coefficient (Wildman–Crippen LogP) is 1.13. The summed E-state index contributed by atoms with van der Waals surface area (Å²) < 4.78 is 4.89. The van der Waals surface area contributed by atoms with Crippen LogP contribution in [0.2, 0.25) is 0 Å². The van der Waals surface area contributed by atoms with E-state index in [1.165, 1.54) is 0 Å². The summed E-state index contributed by atoms with van der Waals surface area (Å²) in [5, 5.41) is 8.42. The van der Waals surface area contributed by atoms with Gasteiger partial charge < -0.3 is 14.7 Å². The lowest BCUT2D eigenvalue weighted by Gasteiger charge is -2.16. The Bertz CT molecular complexity index is 218. The van der Waals surface area contributed by atoms with Gasteiger partial charge in [-0.2, -0.15) is 0 Å². The maximum Gasteiger partial charge on any atom is 0.303 e. The van der Waals surface area contributed by atoms with Crippen molar-refractivity contribution in [1.82, 2.24) is 4.90 Å². The number of carboxylic acids is 1. The molecule has 1 N–H and O–H groups in total. The fourth-order valence-corrected chi connectivity index (χ4v) is 1.31. The number of hydrogen-bond acceptors (Lipinski definition) is 3. The number of unbranched alkanes of at least 4 members (excludes halogenated alkanes) is 1. The van der Waals surface area contributed by atoms with Gasteiger partial charge in [-0.15, -0.1) is 0 Å². The minimum absolute atomic E-state index is 0.0708. The molecule has 0 heterocycles. The molecule has 0 bridgehead atoms. The van der Waals surface area contributed by atoms with E-state index in [1.807, 2.05) is 0 Å². The third-order valence-corrected chi connectivity index (χ3v) is 2.30. The number of carbonyl (C=O) groups is 2. The number of methoxy groups -OCH3 is 1. The van der Waals surface area contributed by atoms with Crippen LogP contribution >= 0.6 is 0 Å². The molecular weight excluding hydrogens is 210 g/mol. The number of carbonyl (C=O) groups excluding carboxylic acids is 1. The van der Waals surface area contributed by atoms with E-state index in [1.54, 1.807) is 19.1 Å².